The van der Waals surface area contributed by atoms with Crippen LogP contribution < -0.4 is 11.5 Å². The van der Waals surface area contributed by atoms with Crippen molar-refractivity contribution in [1.29, 1.82) is 0 Å². The number of oxime groups is 1. The summed E-state index contributed by atoms with van der Waals surface area (Å²) in [6.07, 6.45) is 1.43. The Kier molecular flexibility index (Phi) is 5.41. The number of hydrogen-bond acceptors (Lipinski definition) is 4. The van der Waals surface area contributed by atoms with Crippen molar-refractivity contribution in [1.82, 2.24) is 0 Å². The molecule has 0 aliphatic rings. The predicted molar refractivity (Wildman–Crippen MR) is 70.8 cm³/mol. The second-order valence-electron chi connectivity index (χ2n) is 3.12. The van der Waals surface area contributed by atoms with E-state index < -0.39 is 5.97 Å². The zero-order valence-corrected chi connectivity index (χ0v) is 10.6. The van der Waals surface area contributed by atoms with Crippen LogP contribution in [0.15, 0.2) is 28.3 Å². The van der Waals surface area contributed by atoms with Gasteiger partial charge >= 0.3 is 5.97 Å². The van der Waals surface area contributed by atoms with Crippen molar-refractivity contribution in [2.75, 3.05) is 6.54 Å². The molecule has 0 radical (unpaired) electrons. The quantitative estimate of drug-likeness (QED) is 0.375. The van der Waals surface area contributed by atoms with E-state index in [1.165, 1.54) is 6.21 Å². The van der Waals surface area contributed by atoms with Crippen LogP contribution >= 0.6 is 23.2 Å². The van der Waals surface area contributed by atoms with Crippen LogP contribution in [-0.4, -0.2) is 24.7 Å². The highest BCUT2D eigenvalue weighted by atomic mass is 35.5. The van der Waals surface area contributed by atoms with E-state index in [1.54, 1.807) is 18.2 Å². The minimum atomic E-state index is -0.690. The molecule has 0 aliphatic carbocycles. The molecule has 0 heterocycles. The monoisotopic (exact) mass is 288 g/mol. The highest BCUT2D eigenvalue weighted by Crippen LogP contribution is 2.19. The van der Waals surface area contributed by atoms with Crippen molar-refractivity contribution in [2.24, 2.45) is 21.6 Å². The maximum absolute atomic E-state index is 11.1. The molecule has 1 aromatic carbocycles. The second kappa shape index (κ2) is 6.83. The Morgan fingerprint density at radius 3 is 2.72 bits per heavy atom. The topological polar surface area (TPSA) is 103 Å². The molecule has 96 valence electrons. The van der Waals surface area contributed by atoms with E-state index in [2.05, 4.69) is 15.0 Å². The van der Waals surface area contributed by atoms with E-state index >= 15 is 0 Å². The van der Waals surface area contributed by atoms with Gasteiger partial charge in [-0.2, -0.15) is 0 Å². The van der Waals surface area contributed by atoms with Crippen LogP contribution in [0.25, 0.3) is 0 Å². The molecule has 0 fully saturated rings. The van der Waals surface area contributed by atoms with Gasteiger partial charge in [-0.25, -0.2) is 4.79 Å². The molecule has 4 N–H and O–H groups in total. The fourth-order valence-corrected chi connectivity index (χ4v) is 1.41. The molecule has 18 heavy (non-hydrogen) atoms. The first-order valence-electron chi connectivity index (χ1n) is 4.72. The van der Waals surface area contributed by atoms with Gasteiger partial charge in [0.05, 0.1) is 5.02 Å². The van der Waals surface area contributed by atoms with E-state index in [1.807, 2.05) is 0 Å². The maximum Gasteiger partial charge on any atom is 0.356 e. The van der Waals surface area contributed by atoms with Crippen LogP contribution in [0.2, 0.25) is 10.0 Å². The lowest BCUT2D eigenvalue weighted by Crippen LogP contribution is -2.23. The second-order valence-corrected chi connectivity index (χ2v) is 3.96. The van der Waals surface area contributed by atoms with Gasteiger partial charge in [-0.05, 0) is 17.3 Å². The van der Waals surface area contributed by atoms with Crippen LogP contribution in [0.3, 0.4) is 0 Å². The van der Waals surface area contributed by atoms with E-state index in [4.69, 9.17) is 34.7 Å². The van der Waals surface area contributed by atoms with E-state index in [0.717, 1.165) is 0 Å². The molecule has 0 atom stereocenters. The highest BCUT2D eigenvalue weighted by Gasteiger charge is 2.01. The minimum absolute atomic E-state index is 0.226. The van der Waals surface area contributed by atoms with Crippen LogP contribution in [0.4, 0.5) is 0 Å². The number of benzene rings is 1. The Morgan fingerprint density at radius 1 is 1.39 bits per heavy atom. The van der Waals surface area contributed by atoms with Crippen molar-refractivity contribution in [3.63, 3.8) is 0 Å². The number of hydrogen-bond donors (Lipinski definition) is 2. The molecular weight excluding hydrogens is 279 g/mol. The smallest absolute Gasteiger partial charge is 0.356 e. The van der Waals surface area contributed by atoms with Gasteiger partial charge in [-0.15, -0.1) is 0 Å². The molecule has 1 rings (SSSR count). The van der Waals surface area contributed by atoms with Gasteiger partial charge < -0.3 is 16.3 Å². The molecule has 6 nitrogen and oxygen atoms in total. The van der Waals surface area contributed by atoms with Crippen LogP contribution in [0.1, 0.15) is 5.56 Å². The van der Waals surface area contributed by atoms with Crippen molar-refractivity contribution >= 4 is 41.3 Å². The first-order valence-corrected chi connectivity index (χ1v) is 5.48. The number of guanidine groups is 1. The normalized spacial score (nSPS) is 10.3. The van der Waals surface area contributed by atoms with E-state index in [0.29, 0.717) is 15.6 Å². The molecule has 0 aromatic heterocycles. The lowest BCUT2D eigenvalue weighted by Gasteiger charge is -1.98. The maximum atomic E-state index is 11.1. The third-order valence-electron chi connectivity index (χ3n) is 1.67. The van der Waals surface area contributed by atoms with Gasteiger partial charge in [0.25, 0.3) is 0 Å². The number of nitrogens with two attached hydrogens (primary N) is 2. The Bertz CT molecular complexity index is 499. The Labute approximate surface area is 113 Å². The van der Waals surface area contributed by atoms with Crippen molar-refractivity contribution in [3.8, 4) is 0 Å². The summed E-state index contributed by atoms with van der Waals surface area (Å²) < 4.78 is 0. The summed E-state index contributed by atoms with van der Waals surface area (Å²) in [6.45, 7) is -0.226. The summed E-state index contributed by atoms with van der Waals surface area (Å²) in [4.78, 5) is 19.2. The lowest BCUT2D eigenvalue weighted by molar-refractivity contribution is -0.141. The van der Waals surface area contributed by atoms with Crippen LogP contribution in [-0.2, 0) is 9.63 Å². The molecule has 0 unspecified atom stereocenters. The number of aliphatic imine (C=N–C) groups is 1. The molecule has 0 bridgehead atoms. The van der Waals surface area contributed by atoms with E-state index in [-0.39, 0.29) is 12.5 Å². The van der Waals surface area contributed by atoms with E-state index in [9.17, 15) is 4.79 Å². The molecule has 0 spiro atoms. The average molecular weight is 289 g/mol. The highest BCUT2D eigenvalue weighted by molar-refractivity contribution is 6.36. The molecule has 0 amide bonds. The molecule has 8 heteroatoms. The average Bonchev–Trinajstić information content (AvgIpc) is 2.29. The zero-order chi connectivity index (χ0) is 13.5. The molecule has 0 saturated heterocycles. The van der Waals surface area contributed by atoms with Gasteiger partial charge in [-0.3, -0.25) is 4.99 Å². The number of carbonyl (C=O) groups is 1. The number of rotatable bonds is 4. The van der Waals surface area contributed by atoms with Gasteiger partial charge in [0.1, 0.15) is 6.54 Å². The van der Waals surface area contributed by atoms with Crippen LogP contribution in [0, 0.1) is 0 Å². The molecular formula is C10H10Cl2N4O2. The minimum Gasteiger partial charge on any atom is -0.367 e. The first-order chi connectivity index (χ1) is 8.49. The SMILES string of the molecule is NC(N)=NOC(=O)CN=Cc1ccc(Cl)cc1Cl. The largest absolute Gasteiger partial charge is 0.367 e. The summed E-state index contributed by atoms with van der Waals surface area (Å²) in [5, 5.41) is 4.04. The Morgan fingerprint density at radius 2 is 2.11 bits per heavy atom. The summed E-state index contributed by atoms with van der Waals surface area (Å²) in [7, 11) is 0. The van der Waals surface area contributed by atoms with Crippen LogP contribution in [0.5, 0.6) is 0 Å². The third-order valence-corrected chi connectivity index (χ3v) is 2.23. The molecule has 0 saturated carbocycles. The summed E-state index contributed by atoms with van der Waals surface area (Å²) in [5.41, 5.74) is 10.6. The fraction of sp³-hybridized carbons (Fsp3) is 0.100. The van der Waals surface area contributed by atoms with Gasteiger partial charge in [0, 0.05) is 16.8 Å². The van der Waals surface area contributed by atoms with Gasteiger partial charge in [-0.1, -0.05) is 29.3 Å². The number of carbonyl (C=O) groups excluding carboxylic acids is 1. The zero-order valence-electron chi connectivity index (χ0n) is 9.14. The van der Waals surface area contributed by atoms with Crippen molar-refractivity contribution in [2.45, 2.75) is 0 Å². The molecule has 1 aromatic rings. The number of nitrogens with zero attached hydrogens (tertiary/aromatic N) is 2. The lowest BCUT2D eigenvalue weighted by atomic mass is 10.2. The fourth-order valence-electron chi connectivity index (χ4n) is 0.957. The summed E-state index contributed by atoms with van der Waals surface area (Å²) >= 11 is 11.6. The Hall–Kier alpha value is -1.79. The Balaban J connectivity index is 2.55. The molecule has 0 aliphatic heterocycles. The summed E-state index contributed by atoms with van der Waals surface area (Å²) in [6, 6.07) is 4.91. The predicted octanol–water partition coefficient (Wildman–Crippen LogP) is 1.14. The third kappa shape index (κ3) is 5.03. The van der Waals surface area contributed by atoms with Gasteiger partial charge in [0.15, 0.2) is 0 Å². The van der Waals surface area contributed by atoms with Crippen molar-refractivity contribution < 1.29 is 9.63 Å². The standard InChI is InChI=1S/C10H10Cl2N4O2/c11-7-2-1-6(8(12)3-7)4-15-5-9(17)18-16-10(13)14/h1-4H,5H2,(H4,13,14,16). The van der Waals surface area contributed by atoms with Crippen molar-refractivity contribution in [3.05, 3.63) is 33.8 Å². The number of halogens is 2. The van der Waals surface area contributed by atoms with Gasteiger partial charge in [0.2, 0.25) is 5.96 Å². The summed E-state index contributed by atoms with van der Waals surface area (Å²) in [5.74, 6) is -1.03. The first kappa shape index (κ1) is 14.3.